The van der Waals surface area contributed by atoms with Gasteiger partial charge in [-0.15, -0.1) is 0 Å². The minimum Gasteiger partial charge on any atom is -0.379 e. The zero-order valence-electron chi connectivity index (χ0n) is 10.6. The van der Waals surface area contributed by atoms with Crippen molar-refractivity contribution in [2.75, 3.05) is 5.32 Å². The van der Waals surface area contributed by atoms with E-state index < -0.39 is 0 Å². The van der Waals surface area contributed by atoms with Crippen LogP contribution in [0.15, 0.2) is 11.0 Å². The fourth-order valence-electron chi connectivity index (χ4n) is 1.81. The molecule has 0 saturated heterocycles. The van der Waals surface area contributed by atoms with Crippen LogP contribution < -0.4 is 10.9 Å². The van der Waals surface area contributed by atoms with Gasteiger partial charge >= 0.3 is 0 Å². The Labute approximate surface area is 106 Å². The summed E-state index contributed by atoms with van der Waals surface area (Å²) in [6, 6.07) is 0.405. The van der Waals surface area contributed by atoms with Gasteiger partial charge in [0, 0.05) is 6.04 Å². The van der Waals surface area contributed by atoms with Crippen LogP contribution in [0.3, 0.4) is 0 Å². The molecular formula is C12H18ClN3O. The third-order valence-corrected chi connectivity index (χ3v) is 3.64. The highest BCUT2D eigenvalue weighted by atomic mass is 35.5. The van der Waals surface area contributed by atoms with Crippen LogP contribution in [-0.4, -0.2) is 15.8 Å². The Kier molecular flexibility index (Phi) is 2.94. The quantitative estimate of drug-likeness (QED) is 0.903. The smallest absolute Gasteiger partial charge is 0.287 e. The van der Waals surface area contributed by atoms with E-state index in [4.69, 9.17) is 11.6 Å². The third kappa shape index (κ3) is 2.32. The van der Waals surface area contributed by atoms with Crippen molar-refractivity contribution in [3.8, 4) is 0 Å². The lowest BCUT2D eigenvalue weighted by Gasteiger charge is -2.13. The normalized spacial score (nSPS) is 21.6. The van der Waals surface area contributed by atoms with Crippen LogP contribution in [0.4, 0.5) is 5.69 Å². The molecule has 1 aliphatic rings. The molecule has 1 unspecified atom stereocenters. The number of anilines is 1. The first kappa shape index (κ1) is 12.4. The second kappa shape index (κ2) is 4.02. The van der Waals surface area contributed by atoms with Crippen molar-refractivity contribution in [1.29, 1.82) is 0 Å². The zero-order valence-corrected chi connectivity index (χ0v) is 11.4. The van der Waals surface area contributed by atoms with Crippen molar-refractivity contribution < 1.29 is 0 Å². The van der Waals surface area contributed by atoms with E-state index in [-0.39, 0.29) is 22.0 Å². The van der Waals surface area contributed by atoms with Crippen LogP contribution in [0.2, 0.25) is 5.02 Å². The molecule has 1 heterocycles. The average Bonchev–Trinajstić information content (AvgIpc) is 2.81. The third-order valence-electron chi connectivity index (χ3n) is 3.28. The molecule has 4 nitrogen and oxygen atoms in total. The van der Waals surface area contributed by atoms with Crippen LogP contribution in [0.1, 0.15) is 40.2 Å². The van der Waals surface area contributed by atoms with Gasteiger partial charge in [-0.25, -0.2) is 4.68 Å². The highest BCUT2D eigenvalue weighted by Gasteiger charge is 2.45. The molecular weight excluding hydrogens is 238 g/mol. The van der Waals surface area contributed by atoms with E-state index in [0.717, 1.165) is 6.42 Å². The van der Waals surface area contributed by atoms with Gasteiger partial charge in [-0.1, -0.05) is 25.4 Å². The highest BCUT2D eigenvalue weighted by Crippen LogP contribution is 2.46. The van der Waals surface area contributed by atoms with E-state index in [1.807, 2.05) is 13.8 Å². The molecule has 0 amide bonds. The summed E-state index contributed by atoms with van der Waals surface area (Å²) in [6.45, 7) is 8.17. The Hall–Kier alpha value is -1.03. The van der Waals surface area contributed by atoms with Gasteiger partial charge in [0.05, 0.1) is 17.9 Å². The van der Waals surface area contributed by atoms with E-state index in [2.05, 4.69) is 24.3 Å². The Balaban J connectivity index is 2.26. The number of aromatic nitrogens is 2. The molecule has 1 atom stereocenters. The largest absolute Gasteiger partial charge is 0.379 e. The Morgan fingerprint density at radius 2 is 2.18 bits per heavy atom. The molecule has 5 heteroatoms. The first-order chi connectivity index (χ1) is 7.83. The van der Waals surface area contributed by atoms with Crippen molar-refractivity contribution in [1.82, 2.24) is 9.78 Å². The summed E-state index contributed by atoms with van der Waals surface area (Å²) in [6.07, 6.45) is 2.73. The second-order valence-electron chi connectivity index (χ2n) is 5.61. The summed E-state index contributed by atoms with van der Waals surface area (Å²) in [7, 11) is 0. The van der Waals surface area contributed by atoms with Crippen molar-refractivity contribution >= 4 is 17.3 Å². The van der Waals surface area contributed by atoms with Crippen LogP contribution in [-0.2, 0) is 0 Å². The maximum atomic E-state index is 11.9. The molecule has 0 aromatic carbocycles. The molecule has 0 aliphatic heterocycles. The van der Waals surface area contributed by atoms with E-state index in [1.165, 1.54) is 4.68 Å². The second-order valence-corrected chi connectivity index (χ2v) is 5.98. The Bertz CT molecular complexity index is 493. The van der Waals surface area contributed by atoms with Crippen LogP contribution in [0.25, 0.3) is 0 Å². The van der Waals surface area contributed by atoms with Crippen molar-refractivity contribution in [2.24, 2.45) is 5.41 Å². The Morgan fingerprint density at radius 3 is 2.65 bits per heavy atom. The van der Waals surface area contributed by atoms with Gasteiger partial charge < -0.3 is 5.32 Å². The molecule has 0 radical (unpaired) electrons. The number of rotatable bonds is 3. The van der Waals surface area contributed by atoms with Crippen LogP contribution >= 0.6 is 11.6 Å². The van der Waals surface area contributed by atoms with Crippen molar-refractivity contribution in [3.05, 3.63) is 21.6 Å². The molecule has 1 N–H and O–H groups in total. The molecule has 2 rings (SSSR count). The predicted octanol–water partition coefficient (Wildman–Crippen LogP) is 2.69. The molecule has 94 valence electrons. The standard InChI is InChI=1S/C12H18ClN3O/c1-7(2)16-11(17)10(13)8(6-14-16)15-9-5-12(9,3)4/h6-7,9,15H,5H2,1-4H3. The van der Waals surface area contributed by atoms with Gasteiger partial charge in [-0.05, 0) is 25.7 Å². The van der Waals surface area contributed by atoms with Gasteiger partial charge in [-0.3, -0.25) is 4.79 Å². The van der Waals surface area contributed by atoms with Gasteiger partial charge in [0.2, 0.25) is 0 Å². The molecule has 0 spiro atoms. The minimum absolute atomic E-state index is 0.0198. The highest BCUT2D eigenvalue weighted by molar-refractivity contribution is 6.32. The van der Waals surface area contributed by atoms with Gasteiger partial charge in [0.25, 0.3) is 5.56 Å². The van der Waals surface area contributed by atoms with E-state index in [9.17, 15) is 4.79 Å². The summed E-state index contributed by atoms with van der Waals surface area (Å²) >= 11 is 6.07. The topological polar surface area (TPSA) is 46.9 Å². The summed E-state index contributed by atoms with van der Waals surface area (Å²) in [5.41, 5.74) is 0.699. The first-order valence-electron chi connectivity index (χ1n) is 5.87. The van der Waals surface area contributed by atoms with Gasteiger partial charge in [0.1, 0.15) is 5.02 Å². The van der Waals surface area contributed by atoms with Crippen LogP contribution in [0.5, 0.6) is 0 Å². The fraction of sp³-hybridized carbons (Fsp3) is 0.667. The summed E-state index contributed by atoms with van der Waals surface area (Å²) in [5.74, 6) is 0. The lowest BCUT2D eigenvalue weighted by molar-refractivity contribution is 0.503. The van der Waals surface area contributed by atoms with Crippen molar-refractivity contribution in [3.63, 3.8) is 0 Å². The molecule has 1 aromatic heterocycles. The zero-order chi connectivity index (χ0) is 12.8. The number of hydrogen-bond acceptors (Lipinski definition) is 3. The van der Waals surface area contributed by atoms with Crippen molar-refractivity contribution in [2.45, 2.75) is 46.2 Å². The van der Waals surface area contributed by atoms with Crippen LogP contribution in [0, 0.1) is 5.41 Å². The lowest BCUT2D eigenvalue weighted by Crippen LogP contribution is -2.26. The maximum absolute atomic E-state index is 11.9. The number of hydrogen-bond donors (Lipinski definition) is 1. The first-order valence-corrected chi connectivity index (χ1v) is 6.24. The molecule has 1 aromatic rings. The summed E-state index contributed by atoms with van der Waals surface area (Å²) in [5, 5.41) is 7.63. The van der Waals surface area contributed by atoms with Gasteiger partial charge in [0.15, 0.2) is 0 Å². The lowest BCUT2D eigenvalue weighted by atomic mass is 10.2. The Morgan fingerprint density at radius 1 is 1.59 bits per heavy atom. The number of nitrogens with zero attached hydrogens (tertiary/aromatic N) is 2. The maximum Gasteiger partial charge on any atom is 0.287 e. The average molecular weight is 256 g/mol. The molecule has 1 fully saturated rings. The summed E-state index contributed by atoms with van der Waals surface area (Å²) in [4.78, 5) is 11.9. The predicted molar refractivity (Wildman–Crippen MR) is 69.7 cm³/mol. The number of halogens is 1. The van der Waals surface area contributed by atoms with E-state index >= 15 is 0 Å². The molecule has 0 bridgehead atoms. The number of nitrogens with one attached hydrogen (secondary N) is 1. The van der Waals surface area contributed by atoms with E-state index in [1.54, 1.807) is 6.20 Å². The summed E-state index contributed by atoms with van der Waals surface area (Å²) < 4.78 is 1.39. The molecule has 1 saturated carbocycles. The SMILES string of the molecule is CC(C)n1ncc(NC2CC2(C)C)c(Cl)c1=O. The minimum atomic E-state index is -0.231. The molecule has 1 aliphatic carbocycles. The van der Waals surface area contributed by atoms with Gasteiger partial charge in [-0.2, -0.15) is 5.10 Å². The monoisotopic (exact) mass is 255 g/mol. The van der Waals surface area contributed by atoms with E-state index in [0.29, 0.717) is 11.7 Å². The fourth-order valence-corrected chi connectivity index (χ4v) is 2.00. The molecule has 17 heavy (non-hydrogen) atoms.